The lowest BCUT2D eigenvalue weighted by molar-refractivity contribution is -0.133. The molecule has 3 atom stereocenters. The number of hydrogen-bond acceptors (Lipinski definition) is 3. The number of carbonyl (C=O) groups excluding carboxylic acids is 1. The summed E-state index contributed by atoms with van der Waals surface area (Å²) in [6.07, 6.45) is 3.98. The second kappa shape index (κ2) is 4.76. The summed E-state index contributed by atoms with van der Waals surface area (Å²) in [4.78, 5) is 18.4. The summed E-state index contributed by atoms with van der Waals surface area (Å²) in [6.45, 7) is 3.78. The number of aromatic amines is 1. The Kier molecular flexibility index (Phi) is 2.84. The number of piperidine rings is 1. The monoisotopic (exact) mass is 326 g/mol. The Bertz CT molecular complexity index is 842. The van der Waals surface area contributed by atoms with E-state index in [-0.39, 0.29) is 23.2 Å². The van der Waals surface area contributed by atoms with Crippen LogP contribution in [0.15, 0.2) is 18.2 Å². The summed E-state index contributed by atoms with van der Waals surface area (Å²) in [6, 6.07) is 5.36. The van der Waals surface area contributed by atoms with Gasteiger partial charge in [0.1, 0.15) is 11.9 Å². The lowest BCUT2D eigenvalue weighted by Gasteiger charge is -2.39. The molecule has 0 spiro atoms. The van der Waals surface area contributed by atoms with Gasteiger partial charge in [0.2, 0.25) is 5.91 Å². The molecule has 0 radical (unpaired) electrons. The van der Waals surface area contributed by atoms with Crippen LogP contribution < -0.4 is 0 Å². The number of fused-ring (bicyclic) bond motifs is 7. The van der Waals surface area contributed by atoms with Gasteiger partial charge in [0.05, 0.1) is 12.5 Å². The Hall–Kier alpha value is -2.01. The predicted molar refractivity (Wildman–Crippen MR) is 90.0 cm³/mol. The standard InChI is InChI=1S/C19H22N2O3/c1-2-19-6-5-14-13(12-4-3-11(22)7-15(12)20-14)8-17(23)21(10-19)9-16-18(19)24-16/h3-4,7,16,18,20,22H,2,5-6,8-10H2,1H3. The lowest BCUT2D eigenvalue weighted by Crippen LogP contribution is -2.50. The highest BCUT2D eigenvalue weighted by molar-refractivity contribution is 5.91. The number of rotatable bonds is 1. The fourth-order valence-electron chi connectivity index (χ4n) is 4.82. The van der Waals surface area contributed by atoms with Crippen LogP contribution in [-0.2, 0) is 22.4 Å². The average molecular weight is 326 g/mol. The van der Waals surface area contributed by atoms with Gasteiger partial charge in [-0.05, 0) is 37.0 Å². The largest absolute Gasteiger partial charge is 0.508 e. The number of carbonyl (C=O) groups is 1. The van der Waals surface area contributed by atoms with Gasteiger partial charge in [0.25, 0.3) is 0 Å². The molecule has 3 aliphatic heterocycles. The first kappa shape index (κ1) is 14.3. The normalized spacial score (nSPS) is 31.9. The highest BCUT2D eigenvalue weighted by Crippen LogP contribution is 2.49. The van der Waals surface area contributed by atoms with Crippen LogP contribution in [0.3, 0.4) is 0 Å². The quantitative estimate of drug-likeness (QED) is 0.791. The Morgan fingerprint density at radius 3 is 3.17 bits per heavy atom. The zero-order valence-electron chi connectivity index (χ0n) is 13.8. The van der Waals surface area contributed by atoms with E-state index in [1.165, 1.54) is 0 Å². The summed E-state index contributed by atoms with van der Waals surface area (Å²) in [5, 5.41) is 10.8. The molecule has 2 aromatic rings. The first-order chi connectivity index (χ1) is 11.6. The SMILES string of the molecule is CCC12CCc3[nH]c4cc(O)ccc4c3CC(=O)N(CC3OC31)C2. The Balaban J connectivity index is 1.62. The number of epoxide rings is 1. The van der Waals surface area contributed by atoms with E-state index in [1.54, 1.807) is 12.1 Å². The van der Waals surface area contributed by atoms with Crippen molar-refractivity contribution in [2.24, 2.45) is 5.41 Å². The molecule has 0 saturated carbocycles. The number of phenolic OH excluding ortho intramolecular Hbond substituents is 1. The van der Waals surface area contributed by atoms with E-state index in [1.807, 2.05) is 11.0 Å². The molecule has 3 aliphatic rings. The Morgan fingerprint density at radius 2 is 2.33 bits per heavy atom. The number of nitrogens with zero attached hydrogens (tertiary/aromatic N) is 1. The minimum Gasteiger partial charge on any atom is -0.508 e. The fraction of sp³-hybridized carbons (Fsp3) is 0.526. The minimum atomic E-state index is 0.0830. The topological polar surface area (TPSA) is 68.9 Å². The molecule has 4 heterocycles. The maximum Gasteiger partial charge on any atom is 0.227 e. The van der Waals surface area contributed by atoms with E-state index < -0.39 is 0 Å². The van der Waals surface area contributed by atoms with E-state index in [9.17, 15) is 9.90 Å². The van der Waals surface area contributed by atoms with E-state index >= 15 is 0 Å². The molecule has 2 saturated heterocycles. The van der Waals surface area contributed by atoms with E-state index in [4.69, 9.17) is 4.74 Å². The molecular formula is C19H22N2O3. The molecule has 1 aromatic carbocycles. The number of aromatic hydroxyl groups is 1. The number of phenols is 1. The van der Waals surface area contributed by atoms with Crippen LogP contribution in [0.2, 0.25) is 0 Å². The van der Waals surface area contributed by atoms with Crippen LogP contribution in [0.25, 0.3) is 10.9 Å². The third-order valence-electron chi connectivity index (χ3n) is 6.33. The van der Waals surface area contributed by atoms with Crippen LogP contribution in [0.4, 0.5) is 0 Å². The summed E-state index contributed by atoms with van der Waals surface area (Å²) in [7, 11) is 0. The van der Waals surface area contributed by atoms with Crippen molar-refractivity contribution in [3.05, 3.63) is 29.5 Å². The number of ether oxygens (including phenoxy) is 1. The second-order valence-corrected chi connectivity index (χ2v) is 7.57. The van der Waals surface area contributed by atoms with Crippen molar-refractivity contribution in [1.82, 2.24) is 9.88 Å². The van der Waals surface area contributed by atoms with Gasteiger partial charge >= 0.3 is 0 Å². The van der Waals surface area contributed by atoms with Gasteiger partial charge in [-0.1, -0.05) is 6.92 Å². The van der Waals surface area contributed by atoms with Gasteiger partial charge in [-0.3, -0.25) is 4.79 Å². The highest BCUT2D eigenvalue weighted by Gasteiger charge is 2.58. The van der Waals surface area contributed by atoms with Crippen molar-refractivity contribution in [2.45, 2.75) is 44.8 Å². The van der Waals surface area contributed by atoms with Crippen molar-refractivity contribution in [2.75, 3.05) is 13.1 Å². The van der Waals surface area contributed by atoms with Gasteiger partial charge in [0, 0.05) is 41.2 Å². The van der Waals surface area contributed by atoms with Gasteiger partial charge in [-0.15, -0.1) is 0 Å². The number of aryl methyl sites for hydroxylation is 1. The molecule has 1 amide bonds. The van der Waals surface area contributed by atoms with Crippen LogP contribution in [0, 0.1) is 5.41 Å². The molecule has 2 bridgehead atoms. The number of nitrogens with one attached hydrogen (secondary N) is 1. The summed E-state index contributed by atoms with van der Waals surface area (Å²) >= 11 is 0. The van der Waals surface area contributed by atoms with Crippen LogP contribution in [0.1, 0.15) is 31.0 Å². The van der Waals surface area contributed by atoms with Gasteiger partial charge in [-0.2, -0.15) is 0 Å². The molecule has 5 rings (SSSR count). The van der Waals surface area contributed by atoms with Crippen LogP contribution in [-0.4, -0.2) is 46.2 Å². The van der Waals surface area contributed by atoms with Gasteiger partial charge < -0.3 is 19.7 Å². The second-order valence-electron chi connectivity index (χ2n) is 7.57. The number of aromatic nitrogens is 1. The van der Waals surface area contributed by atoms with Crippen molar-refractivity contribution in [3.63, 3.8) is 0 Å². The molecule has 3 unspecified atom stereocenters. The highest BCUT2D eigenvalue weighted by atomic mass is 16.6. The molecule has 2 N–H and O–H groups in total. The van der Waals surface area contributed by atoms with Gasteiger partial charge in [0.15, 0.2) is 0 Å². The van der Waals surface area contributed by atoms with E-state index in [0.29, 0.717) is 12.5 Å². The summed E-state index contributed by atoms with van der Waals surface area (Å²) in [5.74, 6) is 0.444. The van der Waals surface area contributed by atoms with Crippen LogP contribution >= 0.6 is 0 Å². The molecule has 24 heavy (non-hydrogen) atoms. The molecule has 0 aliphatic carbocycles. The molecule has 126 valence electrons. The fourth-order valence-corrected chi connectivity index (χ4v) is 4.82. The number of amides is 1. The minimum absolute atomic E-state index is 0.0830. The third kappa shape index (κ3) is 1.94. The molecule has 5 heteroatoms. The number of benzene rings is 1. The maximum absolute atomic E-state index is 12.9. The summed E-state index contributed by atoms with van der Waals surface area (Å²) < 4.78 is 5.91. The van der Waals surface area contributed by atoms with Crippen molar-refractivity contribution in [3.8, 4) is 5.75 Å². The molecule has 1 aromatic heterocycles. The zero-order chi connectivity index (χ0) is 16.5. The number of H-pyrrole nitrogens is 1. The van der Waals surface area contributed by atoms with E-state index in [0.717, 1.165) is 54.5 Å². The average Bonchev–Trinajstić information content (AvgIpc) is 3.28. The first-order valence-electron chi connectivity index (χ1n) is 8.85. The summed E-state index contributed by atoms with van der Waals surface area (Å²) in [5.41, 5.74) is 3.24. The van der Waals surface area contributed by atoms with E-state index in [2.05, 4.69) is 11.9 Å². The first-order valence-corrected chi connectivity index (χ1v) is 8.85. The number of hydrogen-bond donors (Lipinski definition) is 2. The smallest absolute Gasteiger partial charge is 0.227 e. The predicted octanol–water partition coefficient (Wildman–Crippen LogP) is 2.37. The maximum atomic E-state index is 12.9. The molecule has 5 nitrogen and oxygen atoms in total. The Morgan fingerprint density at radius 1 is 1.46 bits per heavy atom. The Labute approximate surface area is 140 Å². The van der Waals surface area contributed by atoms with Crippen molar-refractivity contribution >= 4 is 16.8 Å². The third-order valence-corrected chi connectivity index (χ3v) is 6.33. The van der Waals surface area contributed by atoms with Crippen molar-refractivity contribution < 1.29 is 14.6 Å². The molecular weight excluding hydrogens is 304 g/mol. The van der Waals surface area contributed by atoms with Gasteiger partial charge in [-0.25, -0.2) is 0 Å². The zero-order valence-corrected chi connectivity index (χ0v) is 13.8. The van der Waals surface area contributed by atoms with Crippen molar-refractivity contribution in [1.29, 1.82) is 0 Å². The van der Waals surface area contributed by atoms with Crippen LogP contribution in [0.5, 0.6) is 5.75 Å². The molecule has 2 fully saturated rings. The lowest BCUT2D eigenvalue weighted by atomic mass is 9.73.